The molecular weight excluding hydrogens is 400 g/mol. The summed E-state index contributed by atoms with van der Waals surface area (Å²) in [6, 6.07) is 14.7. The second-order valence-corrected chi connectivity index (χ2v) is 8.79. The molecule has 0 fully saturated rings. The lowest BCUT2D eigenvalue weighted by atomic mass is 10.1. The number of para-hydroxylation sites is 2. The van der Waals surface area contributed by atoms with E-state index in [2.05, 4.69) is 37.5 Å². The number of benzene rings is 2. The van der Waals surface area contributed by atoms with E-state index in [9.17, 15) is 10.2 Å². The van der Waals surface area contributed by atoms with Crippen LogP contribution in [0.4, 0.5) is 0 Å². The van der Waals surface area contributed by atoms with E-state index in [-0.39, 0.29) is 22.0 Å². The summed E-state index contributed by atoms with van der Waals surface area (Å²) in [7, 11) is 0. The van der Waals surface area contributed by atoms with Crippen LogP contribution in [0.3, 0.4) is 0 Å². The first kappa shape index (κ1) is 24.8. The van der Waals surface area contributed by atoms with Crippen LogP contribution in [-0.2, 0) is 0 Å². The minimum Gasteiger partial charge on any atom is -0.508 e. The number of phenolic OH excluding ortho intramolecular Hbond substituents is 2. The lowest BCUT2D eigenvalue weighted by Crippen LogP contribution is -1.99. The van der Waals surface area contributed by atoms with E-state index in [4.69, 9.17) is 0 Å². The van der Waals surface area contributed by atoms with Crippen molar-refractivity contribution in [2.24, 2.45) is 0 Å². The zero-order chi connectivity index (χ0) is 22.3. The SMILES string of the molecule is CCCCCC#CC(SC(C#CCCCCC)c1ccccc1O)c1ccccc1O. The number of phenols is 2. The van der Waals surface area contributed by atoms with Crippen molar-refractivity contribution in [3.63, 3.8) is 0 Å². The van der Waals surface area contributed by atoms with Crippen LogP contribution >= 0.6 is 11.8 Å². The van der Waals surface area contributed by atoms with Gasteiger partial charge in [-0.15, -0.1) is 23.6 Å². The van der Waals surface area contributed by atoms with Crippen LogP contribution in [0.5, 0.6) is 11.5 Å². The molecule has 0 saturated heterocycles. The molecule has 2 nitrogen and oxygen atoms in total. The molecule has 0 saturated carbocycles. The minimum atomic E-state index is -0.225. The number of thioether (sulfide) groups is 1. The molecule has 2 aromatic carbocycles. The zero-order valence-corrected chi connectivity index (χ0v) is 19.5. The molecule has 164 valence electrons. The first-order valence-corrected chi connectivity index (χ1v) is 12.3. The molecule has 0 radical (unpaired) electrons. The van der Waals surface area contributed by atoms with Crippen LogP contribution in [0.25, 0.3) is 0 Å². The van der Waals surface area contributed by atoms with Gasteiger partial charge in [0.05, 0.1) is 10.5 Å². The molecule has 0 amide bonds. The van der Waals surface area contributed by atoms with Crippen molar-refractivity contribution < 1.29 is 10.2 Å². The molecule has 0 heterocycles. The highest BCUT2D eigenvalue weighted by Crippen LogP contribution is 2.44. The lowest BCUT2D eigenvalue weighted by molar-refractivity contribution is 0.469. The largest absolute Gasteiger partial charge is 0.508 e. The minimum absolute atomic E-state index is 0.225. The van der Waals surface area contributed by atoms with Crippen molar-refractivity contribution in [3.8, 4) is 35.2 Å². The number of hydrogen-bond acceptors (Lipinski definition) is 3. The Balaban J connectivity index is 2.31. The van der Waals surface area contributed by atoms with Gasteiger partial charge in [0.2, 0.25) is 0 Å². The maximum absolute atomic E-state index is 10.5. The van der Waals surface area contributed by atoms with Crippen LogP contribution in [0.15, 0.2) is 48.5 Å². The van der Waals surface area contributed by atoms with E-state index < -0.39 is 0 Å². The van der Waals surface area contributed by atoms with Crippen molar-refractivity contribution >= 4 is 11.8 Å². The Labute approximate surface area is 192 Å². The van der Waals surface area contributed by atoms with Crippen LogP contribution in [0, 0.1) is 23.7 Å². The monoisotopic (exact) mass is 434 g/mol. The van der Waals surface area contributed by atoms with Crippen LogP contribution in [-0.4, -0.2) is 10.2 Å². The maximum Gasteiger partial charge on any atom is 0.120 e. The van der Waals surface area contributed by atoms with Gasteiger partial charge in [-0.1, -0.05) is 87.8 Å². The van der Waals surface area contributed by atoms with E-state index in [1.165, 1.54) is 25.7 Å². The molecule has 0 aromatic heterocycles. The number of unbranched alkanes of at least 4 members (excludes halogenated alkanes) is 6. The van der Waals surface area contributed by atoms with E-state index in [0.717, 1.165) is 36.8 Å². The normalized spacial score (nSPS) is 12.2. The van der Waals surface area contributed by atoms with E-state index in [1.54, 1.807) is 23.9 Å². The molecule has 2 aromatic rings. The van der Waals surface area contributed by atoms with Crippen molar-refractivity contribution in [2.45, 2.75) is 75.7 Å². The standard InChI is InChI=1S/C28H34O2S/c1-3-5-7-9-11-21-27(23-17-13-15-19-25(23)29)31-28(22-12-10-8-6-4-2)24-18-14-16-20-26(24)30/h13-20,27-30H,3-10H2,1-2H3. The number of aromatic hydroxyl groups is 2. The molecule has 0 aliphatic heterocycles. The topological polar surface area (TPSA) is 40.5 Å². The molecule has 0 spiro atoms. The summed E-state index contributed by atoms with van der Waals surface area (Å²) in [5, 5.41) is 20.5. The molecule has 31 heavy (non-hydrogen) atoms. The second kappa shape index (κ2) is 14.5. The highest BCUT2D eigenvalue weighted by Gasteiger charge is 2.21. The van der Waals surface area contributed by atoms with Crippen molar-refractivity contribution in [1.82, 2.24) is 0 Å². The lowest BCUT2D eigenvalue weighted by Gasteiger charge is -2.18. The average molecular weight is 435 g/mol. The fraction of sp³-hybridized carbons (Fsp3) is 0.429. The van der Waals surface area contributed by atoms with Crippen LogP contribution in [0.1, 0.15) is 86.8 Å². The predicted octanol–water partition coefficient (Wildman–Crippen LogP) is 7.78. The molecule has 3 heteroatoms. The van der Waals surface area contributed by atoms with Gasteiger partial charge in [-0.05, 0) is 25.0 Å². The third-order valence-corrected chi connectivity index (χ3v) is 6.28. The van der Waals surface area contributed by atoms with E-state index in [1.807, 2.05) is 36.4 Å². The van der Waals surface area contributed by atoms with Gasteiger partial charge in [0, 0.05) is 24.0 Å². The van der Waals surface area contributed by atoms with Gasteiger partial charge in [0.15, 0.2) is 0 Å². The quantitative estimate of drug-likeness (QED) is 0.296. The highest BCUT2D eigenvalue weighted by molar-refractivity contribution is 8.00. The van der Waals surface area contributed by atoms with Crippen LogP contribution < -0.4 is 0 Å². The number of hydrogen-bond donors (Lipinski definition) is 2. The summed E-state index contributed by atoms with van der Waals surface area (Å²) < 4.78 is 0. The molecule has 0 aliphatic rings. The van der Waals surface area contributed by atoms with Gasteiger partial charge >= 0.3 is 0 Å². The molecule has 0 aliphatic carbocycles. The maximum atomic E-state index is 10.5. The van der Waals surface area contributed by atoms with Crippen molar-refractivity contribution in [2.75, 3.05) is 0 Å². The Morgan fingerprint density at radius 1 is 0.677 bits per heavy atom. The van der Waals surface area contributed by atoms with Crippen molar-refractivity contribution in [1.29, 1.82) is 0 Å². The first-order valence-electron chi connectivity index (χ1n) is 11.3. The Morgan fingerprint density at radius 2 is 1.10 bits per heavy atom. The number of rotatable bonds is 10. The zero-order valence-electron chi connectivity index (χ0n) is 18.7. The average Bonchev–Trinajstić information content (AvgIpc) is 2.78. The third-order valence-electron chi connectivity index (χ3n) is 4.99. The predicted molar refractivity (Wildman–Crippen MR) is 133 cm³/mol. The van der Waals surface area contributed by atoms with Gasteiger partial charge in [0.25, 0.3) is 0 Å². The summed E-state index contributed by atoms with van der Waals surface area (Å²) in [5.41, 5.74) is 1.59. The van der Waals surface area contributed by atoms with Gasteiger partial charge < -0.3 is 10.2 Å². The fourth-order valence-electron chi connectivity index (χ4n) is 3.18. The molecule has 2 unspecified atom stereocenters. The fourth-order valence-corrected chi connectivity index (χ4v) is 4.45. The Hall–Kier alpha value is -2.49. The Kier molecular flexibility index (Phi) is 11.6. The molecule has 2 N–H and O–H groups in total. The smallest absolute Gasteiger partial charge is 0.120 e. The first-order chi connectivity index (χ1) is 15.2. The summed E-state index contributed by atoms with van der Waals surface area (Å²) in [4.78, 5) is 0. The van der Waals surface area contributed by atoms with Crippen molar-refractivity contribution in [3.05, 3.63) is 59.7 Å². The molecule has 2 rings (SSSR count). The molecule has 0 bridgehead atoms. The molecule has 2 atom stereocenters. The van der Waals surface area contributed by atoms with E-state index in [0.29, 0.717) is 0 Å². The third kappa shape index (κ3) is 8.64. The van der Waals surface area contributed by atoms with Gasteiger partial charge in [0.1, 0.15) is 11.5 Å². The van der Waals surface area contributed by atoms with Gasteiger partial charge in [-0.2, -0.15) is 0 Å². The molecular formula is C28H34O2S. The Morgan fingerprint density at radius 3 is 1.48 bits per heavy atom. The summed E-state index contributed by atoms with van der Waals surface area (Å²) in [6.07, 6.45) is 8.55. The van der Waals surface area contributed by atoms with E-state index >= 15 is 0 Å². The summed E-state index contributed by atoms with van der Waals surface area (Å²) >= 11 is 1.58. The Bertz CT molecular complexity index is 838. The van der Waals surface area contributed by atoms with Gasteiger partial charge in [-0.3, -0.25) is 0 Å². The summed E-state index contributed by atoms with van der Waals surface area (Å²) in [6.45, 7) is 4.37. The van der Waals surface area contributed by atoms with Gasteiger partial charge in [-0.25, -0.2) is 0 Å². The second-order valence-electron chi connectivity index (χ2n) is 7.57. The summed E-state index contributed by atoms with van der Waals surface area (Å²) in [5.74, 6) is 13.8. The highest BCUT2D eigenvalue weighted by atomic mass is 32.2. The van der Waals surface area contributed by atoms with Crippen LogP contribution in [0.2, 0.25) is 0 Å².